The first-order valence-corrected chi connectivity index (χ1v) is 5.30. The van der Waals surface area contributed by atoms with Crippen molar-refractivity contribution in [2.75, 3.05) is 5.32 Å². The zero-order valence-corrected chi connectivity index (χ0v) is 10.0. The van der Waals surface area contributed by atoms with E-state index in [4.69, 9.17) is 5.11 Å². The number of aryl methyl sites for hydroxylation is 1. The highest BCUT2D eigenvalue weighted by atomic mass is 16.4. The first-order chi connectivity index (χ1) is 8.40. The maximum atomic E-state index is 11.5. The summed E-state index contributed by atoms with van der Waals surface area (Å²) in [5.41, 5.74) is 1.31. The lowest BCUT2D eigenvalue weighted by Crippen LogP contribution is -2.49. The van der Waals surface area contributed by atoms with E-state index in [0.717, 1.165) is 5.56 Å². The zero-order chi connectivity index (χ0) is 13.7. The molecule has 0 saturated carbocycles. The van der Waals surface area contributed by atoms with Gasteiger partial charge in [0.2, 0.25) is 0 Å². The topological polar surface area (TPSA) is 112 Å². The molecule has 0 spiro atoms. The van der Waals surface area contributed by atoms with Gasteiger partial charge in [0, 0.05) is 6.20 Å². The molecule has 18 heavy (non-hydrogen) atoms. The van der Waals surface area contributed by atoms with Gasteiger partial charge in [-0.25, -0.2) is 9.59 Å². The normalized spacial score (nSPS) is 13.5. The molecule has 1 aromatic rings. The lowest BCUT2D eigenvalue weighted by molar-refractivity contribution is -0.141. The fourth-order valence-electron chi connectivity index (χ4n) is 1.32. The number of carboxylic acid groups (broad SMARTS) is 1. The molecule has 0 aromatic carbocycles. The van der Waals surface area contributed by atoms with Gasteiger partial charge < -0.3 is 20.8 Å². The molecule has 1 heterocycles. The predicted octanol–water partition coefficient (Wildman–Crippen LogP) is 0.346. The average molecular weight is 253 g/mol. The Labute approximate surface area is 104 Å². The summed E-state index contributed by atoms with van der Waals surface area (Å²) < 4.78 is 0. The largest absolute Gasteiger partial charge is 0.480 e. The van der Waals surface area contributed by atoms with Crippen LogP contribution in [0.5, 0.6) is 0 Å². The van der Waals surface area contributed by atoms with Crippen LogP contribution < -0.4 is 10.6 Å². The number of nitrogens with zero attached hydrogens (tertiary/aromatic N) is 1. The monoisotopic (exact) mass is 253 g/mol. The number of aliphatic hydroxyl groups is 1. The van der Waals surface area contributed by atoms with Crippen LogP contribution in [0.15, 0.2) is 18.5 Å². The lowest BCUT2D eigenvalue weighted by Gasteiger charge is -2.17. The van der Waals surface area contributed by atoms with E-state index >= 15 is 0 Å². The molecule has 0 aliphatic heterocycles. The van der Waals surface area contributed by atoms with E-state index in [1.807, 2.05) is 6.92 Å². The smallest absolute Gasteiger partial charge is 0.328 e. The fourth-order valence-corrected chi connectivity index (χ4v) is 1.32. The van der Waals surface area contributed by atoms with Gasteiger partial charge in [0.05, 0.1) is 18.0 Å². The molecular weight excluding hydrogens is 238 g/mol. The van der Waals surface area contributed by atoms with Crippen molar-refractivity contribution in [1.82, 2.24) is 10.3 Å². The van der Waals surface area contributed by atoms with E-state index < -0.39 is 24.1 Å². The number of carboxylic acids is 1. The van der Waals surface area contributed by atoms with E-state index in [0.29, 0.717) is 5.69 Å². The summed E-state index contributed by atoms with van der Waals surface area (Å²) in [4.78, 5) is 26.2. The van der Waals surface area contributed by atoms with Gasteiger partial charge in [-0.3, -0.25) is 4.98 Å². The summed E-state index contributed by atoms with van der Waals surface area (Å²) in [6.45, 7) is 3.10. The Morgan fingerprint density at radius 2 is 2.06 bits per heavy atom. The van der Waals surface area contributed by atoms with Crippen molar-refractivity contribution in [1.29, 1.82) is 0 Å². The first kappa shape index (κ1) is 13.9. The minimum absolute atomic E-state index is 0.447. The molecule has 7 nitrogen and oxygen atoms in total. The number of aliphatic carboxylic acids is 1. The van der Waals surface area contributed by atoms with Gasteiger partial charge in [-0.05, 0) is 25.5 Å². The van der Waals surface area contributed by atoms with Gasteiger partial charge >= 0.3 is 12.0 Å². The quantitative estimate of drug-likeness (QED) is 0.618. The number of carbonyl (C=O) groups excluding carboxylic acids is 1. The van der Waals surface area contributed by atoms with Crippen molar-refractivity contribution < 1.29 is 19.8 Å². The Balaban J connectivity index is 2.63. The fraction of sp³-hybridized carbons (Fsp3) is 0.364. The van der Waals surface area contributed by atoms with Gasteiger partial charge in [-0.1, -0.05) is 0 Å². The van der Waals surface area contributed by atoms with Crippen molar-refractivity contribution in [3.05, 3.63) is 24.0 Å². The molecular formula is C11H15N3O4. The van der Waals surface area contributed by atoms with E-state index in [-0.39, 0.29) is 0 Å². The van der Waals surface area contributed by atoms with Crippen LogP contribution in [0, 0.1) is 6.92 Å². The van der Waals surface area contributed by atoms with Crippen molar-refractivity contribution in [2.45, 2.75) is 26.0 Å². The van der Waals surface area contributed by atoms with Crippen molar-refractivity contribution in [2.24, 2.45) is 0 Å². The predicted molar refractivity (Wildman–Crippen MR) is 64.2 cm³/mol. The number of pyridine rings is 1. The molecule has 7 heteroatoms. The van der Waals surface area contributed by atoms with E-state index in [9.17, 15) is 14.7 Å². The molecule has 0 unspecified atom stereocenters. The number of nitrogens with one attached hydrogen (secondary N) is 2. The van der Waals surface area contributed by atoms with Crippen LogP contribution in [0.3, 0.4) is 0 Å². The Morgan fingerprint density at radius 3 is 2.56 bits per heavy atom. The first-order valence-electron chi connectivity index (χ1n) is 5.30. The summed E-state index contributed by atoms with van der Waals surface area (Å²) in [6, 6.07) is -0.386. The molecule has 0 bridgehead atoms. The SMILES string of the molecule is Cc1cncc(NC(=O)N[C@H](C(=O)O)[C@@H](C)O)c1. The van der Waals surface area contributed by atoms with Crippen LogP contribution in [0.25, 0.3) is 0 Å². The van der Waals surface area contributed by atoms with Crippen LogP contribution in [0.2, 0.25) is 0 Å². The highest BCUT2D eigenvalue weighted by molar-refractivity contribution is 5.92. The summed E-state index contributed by atoms with van der Waals surface area (Å²) in [7, 11) is 0. The minimum Gasteiger partial charge on any atom is -0.480 e. The molecule has 0 aliphatic carbocycles. The number of amides is 2. The number of anilines is 1. The van der Waals surface area contributed by atoms with Crippen LogP contribution in [-0.2, 0) is 4.79 Å². The van der Waals surface area contributed by atoms with Gasteiger partial charge in [0.15, 0.2) is 6.04 Å². The Hall–Kier alpha value is -2.15. The van der Waals surface area contributed by atoms with Crippen LogP contribution in [-0.4, -0.2) is 39.3 Å². The molecule has 1 aromatic heterocycles. The standard InChI is InChI=1S/C11H15N3O4/c1-6-3-8(5-12-4-6)13-11(18)14-9(7(2)15)10(16)17/h3-5,7,9,15H,1-2H3,(H,16,17)(H2,13,14,18)/t7-,9+/m1/s1. The summed E-state index contributed by atoms with van der Waals surface area (Å²) in [5.74, 6) is -1.30. The Kier molecular flexibility index (Phi) is 4.61. The van der Waals surface area contributed by atoms with E-state index in [1.54, 1.807) is 12.3 Å². The second-order valence-corrected chi connectivity index (χ2v) is 3.91. The molecule has 1 rings (SSSR count). The average Bonchev–Trinajstić information content (AvgIpc) is 2.25. The Morgan fingerprint density at radius 1 is 1.39 bits per heavy atom. The summed E-state index contributed by atoms with van der Waals surface area (Å²) >= 11 is 0. The van der Waals surface area contributed by atoms with Crippen LogP contribution >= 0.6 is 0 Å². The third-order valence-corrected chi connectivity index (χ3v) is 2.17. The third-order valence-electron chi connectivity index (χ3n) is 2.17. The lowest BCUT2D eigenvalue weighted by atomic mass is 10.2. The number of carbonyl (C=O) groups is 2. The van der Waals surface area contributed by atoms with Crippen molar-refractivity contribution in [3.63, 3.8) is 0 Å². The molecule has 0 aliphatic rings. The maximum absolute atomic E-state index is 11.5. The molecule has 0 saturated heterocycles. The van der Waals surface area contributed by atoms with E-state index in [1.165, 1.54) is 13.1 Å². The number of urea groups is 1. The number of aliphatic hydroxyl groups excluding tert-OH is 1. The third kappa shape index (κ3) is 4.02. The zero-order valence-electron chi connectivity index (χ0n) is 10.0. The van der Waals surface area contributed by atoms with Gasteiger partial charge in [-0.15, -0.1) is 0 Å². The maximum Gasteiger partial charge on any atom is 0.328 e. The van der Waals surface area contributed by atoms with Gasteiger partial charge in [-0.2, -0.15) is 0 Å². The van der Waals surface area contributed by atoms with Crippen LogP contribution in [0.1, 0.15) is 12.5 Å². The second kappa shape index (κ2) is 5.97. The summed E-state index contributed by atoms with van der Waals surface area (Å²) in [6.07, 6.45) is 1.87. The van der Waals surface area contributed by atoms with E-state index in [2.05, 4.69) is 15.6 Å². The number of hydrogen-bond acceptors (Lipinski definition) is 4. The number of hydrogen-bond donors (Lipinski definition) is 4. The molecule has 4 N–H and O–H groups in total. The van der Waals surface area contributed by atoms with Crippen molar-refractivity contribution in [3.8, 4) is 0 Å². The summed E-state index contributed by atoms with van der Waals surface area (Å²) in [5, 5.41) is 22.6. The number of aromatic nitrogens is 1. The van der Waals surface area contributed by atoms with Crippen LogP contribution in [0.4, 0.5) is 10.5 Å². The number of rotatable bonds is 4. The molecule has 2 amide bonds. The van der Waals surface area contributed by atoms with Gasteiger partial charge in [0.1, 0.15) is 0 Å². The van der Waals surface area contributed by atoms with Gasteiger partial charge in [0.25, 0.3) is 0 Å². The molecule has 98 valence electrons. The minimum atomic E-state index is -1.36. The Bertz CT molecular complexity index is 448. The highest BCUT2D eigenvalue weighted by Crippen LogP contribution is 2.07. The van der Waals surface area contributed by atoms with Crippen molar-refractivity contribution >= 4 is 17.7 Å². The highest BCUT2D eigenvalue weighted by Gasteiger charge is 2.24. The second-order valence-electron chi connectivity index (χ2n) is 3.91. The molecule has 0 fully saturated rings. The molecule has 2 atom stereocenters. The molecule has 0 radical (unpaired) electrons.